The number of hydrogen-bond donors (Lipinski definition) is 0. The van der Waals surface area contributed by atoms with Crippen LogP contribution in [0.1, 0.15) is 6.42 Å². The van der Waals surface area contributed by atoms with Gasteiger partial charge in [0.05, 0.1) is 24.6 Å². The van der Waals surface area contributed by atoms with Gasteiger partial charge in [0.25, 0.3) is 0 Å². The minimum Gasteiger partial charge on any atom is -0.490 e. The molecular formula is C17H14N2O2S. The lowest BCUT2D eigenvalue weighted by molar-refractivity contribution is 0.297. The van der Waals surface area contributed by atoms with E-state index in [1.165, 1.54) is 0 Å². The van der Waals surface area contributed by atoms with Crippen molar-refractivity contribution in [2.75, 3.05) is 13.2 Å². The van der Waals surface area contributed by atoms with E-state index in [0.717, 1.165) is 39.9 Å². The Hall–Kier alpha value is -2.40. The maximum absolute atomic E-state index is 5.74. The second kappa shape index (κ2) is 5.77. The van der Waals surface area contributed by atoms with Gasteiger partial charge in [-0.3, -0.25) is 4.98 Å². The molecule has 0 fully saturated rings. The predicted molar refractivity (Wildman–Crippen MR) is 86.4 cm³/mol. The number of hydrogen-bond acceptors (Lipinski definition) is 5. The largest absolute Gasteiger partial charge is 0.490 e. The van der Waals surface area contributed by atoms with Crippen LogP contribution in [-0.2, 0) is 0 Å². The second-order valence-corrected chi connectivity index (χ2v) is 5.82. The van der Waals surface area contributed by atoms with Crippen molar-refractivity contribution in [3.8, 4) is 33.5 Å². The monoisotopic (exact) mass is 310 g/mol. The topological polar surface area (TPSA) is 44.2 Å². The van der Waals surface area contributed by atoms with Gasteiger partial charge >= 0.3 is 0 Å². The van der Waals surface area contributed by atoms with E-state index in [9.17, 15) is 0 Å². The summed E-state index contributed by atoms with van der Waals surface area (Å²) in [4.78, 5) is 9.02. The molecule has 0 atom stereocenters. The van der Waals surface area contributed by atoms with Crippen LogP contribution in [0, 0.1) is 0 Å². The summed E-state index contributed by atoms with van der Waals surface area (Å²) >= 11 is 1.59. The highest BCUT2D eigenvalue weighted by Crippen LogP contribution is 2.35. The van der Waals surface area contributed by atoms with Gasteiger partial charge in [0, 0.05) is 23.6 Å². The fourth-order valence-electron chi connectivity index (χ4n) is 2.34. The molecule has 22 heavy (non-hydrogen) atoms. The first-order valence-electron chi connectivity index (χ1n) is 7.17. The molecule has 3 aromatic rings. The molecule has 0 spiro atoms. The Bertz CT molecular complexity index is 786. The number of ether oxygens (including phenoxy) is 2. The lowest BCUT2D eigenvalue weighted by Gasteiger charge is -2.08. The number of fused-ring (bicyclic) bond motifs is 1. The Morgan fingerprint density at radius 3 is 2.73 bits per heavy atom. The Morgan fingerprint density at radius 1 is 0.955 bits per heavy atom. The third-order valence-electron chi connectivity index (χ3n) is 3.43. The van der Waals surface area contributed by atoms with Gasteiger partial charge in [-0.1, -0.05) is 6.07 Å². The van der Waals surface area contributed by atoms with E-state index in [-0.39, 0.29) is 0 Å². The lowest BCUT2D eigenvalue weighted by Crippen LogP contribution is -1.97. The third-order valence-corrected chi connectivity index (χ3v) is 4.30. The molecule has 0 saturated heterocycles. The number of rotatable bonds is 2. The van der Waals surface area contributed by atoms with Crippen molar-refractivity contribution in [1.82, 2.24) is 9.97 Å². The molecule has 0 radical (unpaired) electrons. The van der Waals surface area contributed by atoms with Crippen molar-refractivity contribution in [3.63, 3.8) is 0 Å². The van der Waals surface area contributed by atoms with Crippen LogP contribution >= 0.6 is 11.3 Å². The van der Waals surface area contributed by atoms with Gasteiger partial charge in [0.1, 0.15) is 5.01 Å². The summed E-state index contributed by atoms with van der Waals surface area (Å²) in [6.45, 7) is 1.39. The summed E-state index contributed by atoms with van der Waals surface area (Å²) in [5, 5.41) is 2.96. The predicted octanol–water partition coefficient (Wildman–Crippen LogP) is 4.03. The molecule has 0 N–H and O–H groups in total. The van der Waals surface area contributed by atoms with Crippen LogP contribution in [0.25, 0.3) is 22.0 Å². The summed E-state index contributed by atoms with van der Waals surface area (Å²) in [5.41, 5.74) is 2.86. The van der Waals surface area contributed by atoms with E-state index in [1.807, 2.05) is 41.8 Å². The molecule has 5 heteroatoms. The normalized spacial score (nSPS) is 13.6. The number of thiazole rings is 1. The molecule has 110 valence electrons. The minimum atomic E-state index is 0.687. The zero-order valence-corrected chi connectivity index (χ0v) is 12.7. The van der Waals surface area contributed by atoms with Crippen LogP contribution in [0.5, 0.6) is 11.5 Å². The molecular weight excluding hydrogens is 296 g/mol. The Kier molecular flexibility index (Phi) is 3.48. The third kappa shape index (κ3) is 2.55. The molecule has 2 aromatic heterocycles. The van der Waals surface area contributed by atoms with E-state index in [4.69, 9.17) is 9.47 Å². The molecule has 1 aliphatic rings. The number of pyridine rings is 1. The van der Waals surface area contributed by atoms with E-state index in [2.05, 4.69) is 9.97 Å². The van der Waals surface area contributed by atoms with Gasteiger partial charge in [-0.05, 0) is 30.3 Å². The summed E-state index contributed by atoms with van der Waals surface area (Å²) in [6.07, 6.45) is 2.69. The maximum Gasteiger partial charge on any atom is 0.161 e. The van der Waals surface area contributed by atoms with Gasteiger partial charge < -0.3 is 9.47 Å². The van der Waals surface area contributed by atoms with Crippen molar-refractivity contribution in [2.24, 2.45) is 0 Å². The van der Waals surface area contributed by atoms with Crippen molar-refractivity contribution in [2.45, 2.75) is 6.42 Å². The fourth-order valence-corrected chi connectivity index (χ4v) is 3.14. The molecule has 0 amide bonds. The van der Waals surface area contributed by atoms with E-state index in [0.29, 0.717) is 13.2 Å². The Balaban J connectivity index is 1.68. The minimum absolute atomic E-state index is 0.687. The van der Waals surface area contributed by atoms with E-state index < -0.39 is 0 Å². The molecule has 3 heterocycles. The second-order valence-electron chi connectivity index (χ2n) is 4.96. The van der Waals surface area contributed by atoms with Crippen molar-refractivity contribution in [1.29, 1.82) is 0 Å². The van der Waals surface area contributed by atoms with Crippen LogP contribution in [0.3, 0.4) is 0 Å². The average molecular weight is 310 g/mol. The van der Waals surface area contributed by atoms with Crippen LogP contribution in [0.15, 0.2) is 48.0 Å². The highest BCUT2D eigenvalue weighted by molar-refractivity contribution is 7.13. The number of nitrogens with zero attached hydrogens (tertiary/aromatic N) is 2. The summed E-state index contributed by atoms with van der Waals surface area (Å²) < 4.78 is 11.4. The highest BCUT2D eigenvalue weighted by Gasteiger charge is 2.13. The molecule has 1 aliphatic heterocycles. The smallest absolute Gasteiger partial charge is 0.161 e. The first kappa shape index (κ1) is 13.3. The summed E-state index contributed by atoms with van der Waals surface area (Å²) in [5.74, 6) is 1.60. The first-order chi connectivity index (χ1) is 10.9. The van der Waals surface area contributed by atoms with Crippen LogP contribution in [0.2, 0.25) is 0 Å². The SMILES string of the molecule is c1ccc(-c2nc(-c3ccc4c(c3)OCCCO4)cs2)nc1. The van der Waals surface area contributed by atoms with Crippen molar-refractivity contribution >= 4 is 11.3 Å². The Labute approximate surface area is 132 Å². The quantitative estimate of drug-likeness (QED) is 0.717. The van der Waals surface area contributed by atoms with E-state index >= 15 is 0 Å². The summed E-state index contributed by atoms with van der Waals surface area (Å²) in [7, 11) is 0. The molecule has 0 unspecified atom stereocenters. The van der Waals surface area contributed by atoms with Gasteiger partial charge in [-0.15, -0.1) is 11.3 Å². The fraction of sp³-hybridized carbons (Fsp3) is 0.176. The van der Waals surface area contributed by atoms with Gasteiger partial charge in [0.2, 0.25) is 0 Å². The van der Waals surface area contributed by atoms with Crippen LogP contribution in [-0.4, -0.2) is 23.2 Å². The lowest BCUT2D eigenvalue weighted by atomic mass is 10.1. The molecule has 1 aromatic carbocycles. The average Bonchev–Trinajstić information content (AvgIpc) is 2.95. The molecule has 0 bridgehead atoms. The zero-order valence-electron chi connectivity index (χ0n) is 11.9. The Morgan fingerprint density at radius 2 is 1.86 bits per heavy atom. The van der Waals surface area contributed by atoms with E-state index in [1.54, 1.807) is 17.5 Å². The van der Waals surface area contributed by atoms with Gasteiger partial charge in [-0.2, -0.15) is 0 Å². The standard InChI is InChI=1S/C17H14N2O2S/c1-2-7-18-13(4-1)17-19-14(11-22-17)12-5-6-15-16(10-12)21-9-3-8-20-15/h1-2,4-7,10-11H,3,8-9H2. The van der Waals surface area contributed by atoms with Crippen LogP contribution < -0.4 is 9.47 Å². The maximum atomic E-state index is 5.74. The van der Waals surface area contributed by atoms with Crippen molar-refractivity contribution in [3.05, 3.63) is 48.0 Å². The first-order valence-corrected chi connectivity index (χ1v) is 8.05. The zero-order chi connectivity index (χ0) is 14.8. The van der Waals surface area contributed by atoms with Crippen LogP contribution in [0.4, 0.5) is 0 Å². The molecule has 0 aliphatic carbocycles. The summed E-state index contributed by atoms with van der Waals surface area (Å²) in [6, 6.07) is 11.8. The van der Waals surface area contributed by atoms with Crippen molar-refractivity contribution < 1.29 is 9.47 Å². The van der Waals surface area contributed by atoms with Gasteiger partial charge in [0.15, 0.2) is 11.5 Å². The molecule has 4 nitrogen and oxygen atoms in total. The van der Waals surface area contributed by atoms with Gasteiger partial charge in [-0.25, -0.2) is 4.98 Å². The number of benzene rings is 1. The highest BCUT2D eigenvalue weighted by atomic mass is 32.1. The number of aromatic nitrogens is 2. The molecule has 0 saturated carbocycles. The molecule has 4 rings (SSSR count).